The molecule has 7 heteroatoms. The van der Waals surface area contributed by atoms with Crippen LogP contribution in [0.15, 0.2) is 10.5 Å². The number of hydrogen-bond donors (Lipinski definition) is 0. The van der Waals surface area contributed by atoms with Crippen LogP contribution < -0.4 is 0 Å². The van der Waals surface area contributed by atoms with Crippen molar-refractivity contribution in [2.24, 2.45) is 5.92 Å². The molecule has 27 heavy (non-hydrogen) atoms. The van der Waals surface area contributed by atoms with Gasteiger partial charge in [-0.2, -0.15) is 5.10 Å². The summed E-state index contributed by atoms with van der Waals surface area (Å²) in [6.07, 6.45) is 2.95. The fourth-order valence-electron chi connectivity index (χ4n) is 4.56. The molecule has 1 aliphatic carbocycles. The largest absolute Gasteiger partial charge is 0.422 e. The molecule has 1 aliphatic heterocycles. The molecule has 2 fully saturated rings. The quantitative estimate of drug-likeness (QED) is 0.824. The molecule has 3 heterocycles. The van der Waals surface area contributed by atoms with Crippen LogP contribution in [-0.2, 0) is 11.1 Å². The number of hydrogen-bond acceptors (Lipinski definition) is 5. The number of aryl methyl sites for hydroxylation is 1. The minimum absolute atomic E-state index is 0.0346. The molecule has 2 aromatic heterocycles. The standard InChI is InChI=1S/C20H29N5O2/c1-12(2)16-21-22-18(27-16)20-9-7-14(20)8-10-24(20)17(26)15-11-13(3)25(23-15)19(4,5)6/h11-12,14H,7-10H2,1-6H3/t14-,20-/m0/s1. The summed E-state index contributed by atoms with van der Waals surface area (Å²) >= 11 is 0. The Bertz CT molecular complexity index is 875. The van der Waals surface area contributed by atoms with E-state index in [9.17, 15) is 4.79 Å². The molecular weight excluding hydrogens is 342 g/mol. The van der Waals surface area contributed by atoms with Gasteiger partial charge in [0.15, 0.2) is 5.69 Å². The third-order valence-electron chi connectivity index (χ3n) is 6.02. The molecule has 0 aromatic carbocycles. The highest BCUT2D eigenvalue weighted by molar-refractivity contribution is 5.93. The zero-order valence-electron chi connectivity index (χ0n) is 17.1. The molecule has 7 nitrogen and oxygen atoms in total. The van der Waals surface area contributed by atoms with E-state index in [4.69, 9.17) is 4.42 Å². The molecule has 0 radical (unpaired) electrons. The zero-order valence-corrected chi connectivity index (χ0v) is 17.1. The van der Waals surface area contributed by atoms with Crippen LogP contribution in [0.25, 0.3) is 0 Å². The second kappa shape index (κ2) is 5.91. The second-order valence-electron chi connectivity index (χ2n) is 9.26. The lowest BCUT2D eigenvalue weighted by Crippen LogP contribution is -2.54. The van der Waals surface area contributed by atoms with Gasteiger partial charge in [0.1, 0.15) is 5.54 Å². The van der Waals surface area contributed by atoms with Crippen molar-refractivity contribution in [1.82, 2.24) is 24.9 Å². The molecule has 4 rings (SSSR count). The van der Waals surface area contributed by atoms with Crippen LogP contribution in [0.1, 0.15) is 87.8 Å². The maximum absolute atomic E-state index is 13.4. The van der Waals surface area contributed by atoms with Crippen LogP contribution in [0.2, 0.25) is 0 Å². The highest BCUT2D eigenvalue weighted by Gasteiger charge is 2.61. The van der Waals surface area contributed by atoms with Crippen molar-refractivity contribution in [1.29, 1.82) is 0 Å². The van der Waals surface area contributed by atoms with Gasteiger partial charge >= 0.3 is 0 Å². The monoisotopic (exact) mass is 371 g/mol. The van der Waals surface area contributed by atoms with Crippen molar-refractivity contribution < 1.29 is 9.21 Å². The topological polar surface area (TPSA) is 77.1 Å². The Morgan fingerprint density at radius 3 is 2.56 bits per heavy atom. The minimum Gasteiger partial charge on any atom is -0.422 e. The van der Waals surface area contributed by atoms with Crippen molar-refractivity contribution in [3.8, 4) is 0 Å². The number of aromatic nitrogens is 4. The number of amides is 1. The summed E-state index contributed by atoms with van der Waals surface area (Å²) in [6, 6.07) is 1.89. The highest BCUT2D eigenvalue weighted by atomic mass is 16.4. The molecule has 146 valence electrons. The molecule has 1 saturated carbocycles. The SMILES string of the molecule is Cc1cc(C(=O)N2CC[C@@H]3CC[C@@]32c2nnc(C(C)C)o2)nn1C(C)(C)C. The number of fused-ring (bicyclic) bond motifs is 1. The first-order valence-corrected chi connectivity index (χ1v) is 9.87. The molecule has 2 atom stereocenters. The first kappa shape index (κ1) is 18.2. The lowest BCUT2D eigenvalue weighted by Gasteiger charge is -2.46. The van der Waals surface area contributed by atoms with Crippen molar-refractivity contribution in [2.75, 3.05) is 6.54 Å². The van der Waals surface area contributed by atoms with Gasteiger partial charge in [0.05, 0.1) is 5.54 Å². The average Bonchev–Trinajstić information content (AvgIpc) is 3.23. The summed E-state index contributed by atoms with van der Waals surface area (Å²) in [5.41, 5.74) is 0.877. The van der Waals surface area contributed by atoms with Gasteiger partial charge in [-0.15, -0.1) is 10.2 Å². The summed E-state index contributed by atoms with van der Waals surface area (Å²) in [6.45, 7) is 13.0. The van der Waals surface area contributed by atoms with Gasteiger partial charge in [-0.25, -0.2) is 0 Å². The maximum Gasteiger partial charge on any atom is 0.275 e. The van der Waals surface area contributed by atoms with Gasteiger partial charge in [-0.1, -0.05) is 13.8 Å². The number of carbonyl (C=O) groups is 1. The van der Waals surface area contributed by atoms with Crippen molar-refractivity contribution in [2.45, 2.75) is 77.8 Å². The fraction of sp³-hybridized carbons (Fsp3) is 0.700. The third-order valence-corrected chi connectivity index (χ3v) is 6.02. The molecule has 1 saturated heterocycles. The summed E-state index contributed by atoms with van der Waals surface area (Å²) in [7, 11) is 0. The summed E-state index contributed by atoms with van der Waals surface area (Å²) in [5.74, 6) is 1.77. The first-order chi connectivity index (χ1) is 12.6. The summed E-state index contributed by atoms with van der Waals surface area (Å²) in [5, 5.41) is 13.2. The lowest BCUT2D eigenvalue weighted by molar-refractivity contribution is -0.00416. The first-order valence-electron chi connectivity index (χ1n) is 9.87. The Morgan fingerprint density at radius 2 is 2.04 bits per heavy atom. The number of likely N-dealkylation sites (tertiary alicyclic amines) is 1. The Balaban J connectivity index is 1.69. The Hall–Kier alpha value is -2.18. The van der Waals surface area contributed by atoms with Crippen LogP contribution in [-0.4, -0.2) is 37.3 Å². The molecule has 0 bridgehead atoms. The van der Waals surface area contributed by atoms with Gasteiger partial charge in [-0.05, 0) is 58.9 Å². The Kier molecular flexibility index (Phi) is 3.98. The van der Waals surface area contributed by atoms with Gasteiger partial charge < -0.3 is 9.32 Å². The molecule has 0 unspecified atom stereocenters. The number of rotatable bonds is 3. The number of nitrogens with zero attached hydrogens (tertiary/aromatic N) is 5. The molecule has 2 aliphatic rings. The maximum atomic E-state index is 13.4. The van der Waals surface area contributed by atoms with E-state index in [1.54, 1.807) is 0 Å². The van der Waals surface area contributed by atoms with E-state index in [0.717, 1.165) is 25.0 Å². The van der Waals surface area contributed by atoms with E-state index >= 15 is 0 Å². The second-order valence-corrected chi connectivity index (χ2v) is 9.26. The van der Waals surface area contributed by atoms with Crippen LogP contribution >= 0.6 is 0 Å². The minimum atomic E-state index is -0.448. The predicted octanol–water partition coefficient (Wildman–Crippen LogP) is 3.60. The van der Waals surface area contributed by atoms with Crippen molar-refractivity contribution >= 4 is 5.91 Å². The Labute approximate surface area is 160 Å². The third kappa shape index (κ3) is 2.62. The van der Waals surface area contributed by atoms with Gasteiger partial charge in [-0.3, -0.25) is 9.48 Å². The van der Waals surface area contributed by atoms with E-state index in [1.165, 1.54) is 0 Å². The highest BCUT2D eigenvalue weighted by Crippen LogP contribution is 2.56. The zero-order chi connectivity index (χ0) is 19.6. The van der Waals surface area contributed by atoms with Crippen LogP contribution in [0.4, 0.5) is 0 Å². The van der Waals surface area contributed by atoms with Gasteiger partial charge in [0.2, 0.25) is 11.8 Å². The van der Waals surface area contributed by atoms with E-state index in [2.05, 4.69) is 36.1 Å². The van der Waals surface area contributed by atoms with Crippen LogP contribution in [0, 0.1) is 12.8 Å². The predicted molar refractivity (Wildman–Crippen MR) is 100 cm³/mol. The molecule has 0 N–H and O–H groups in total. The molecule has 2 aromatic rings. The van der Waals surface area contributed by atoms with E-state index in [-0.39, 0.29) is 17.4 Å². The number of carbonyl (C=O) groups excluding carboxylic acids is 1. The van der Waals surface area contributed by atoms with Crippen molar-refractivity contribution in [3.63, 3.8) is 0 Å². The summed E-state index contributed by atoms with van der Waals surface area (Å²) < 4.78 is 7.93. The fourth-order valence-corrected chi connectivity index (χ4v) is 4.56. The Morgan fingerprint density at radius 1 is 1.30 bits per heavy atom. The summed E-state index contributed by atoms with van der Waals surface area (Å²) in [4.78, 5) is 15.3. The van der Waals surface area contributed by atoms with E-state index in [0.29, 0.717) is 29.9 Å². The van der Waals surface area contributed by atoms with Gasteiger partial charge in [0.25, 0.3) is 5.91 Å². The molecular formula is C20H29N5O2. The van der Waals surface area contributed by atoms with E-state index in [1.807, 2.05) is 36.4 Å². The van der Waals surface area contributed by atoms with E-state index < -0.39 is 5.54 Å². The molecule has 1 amide bonds. The molecule has 0 spiro atoms. The van der Waals surface area contributed by atoms with Crippen LogP contribution in [0.5, 0.6) is 0 Å². The normalized spacial score (nSPS) is 25.0. The average molecular weight is 371 g/mol. The van der Waals surface area contributed by atoms with Crippen molar-refractivity contribution in [3.05, 3.63) is 29.2 Å². The lowest BCUT2D eigenvalue weighted by atomic mass is 9.67. The smallest absolute Gasteiger partial charge is 0.275 e. The van der Waals surface area contributed by atoms with Gasteiger partial charge in [0, 0.05) is 18.2 Å². The van der Waals surface area contributed by atoms with Crippen LogP contribution in [0.3, 0.4) is 0 Å².